The minimum Gasteiger partial charge on any atom is -0.456 e. The maximum atomic E-state index is 12.7. The zero-order valence-corrected chi connectivity index (χ0v) is 14.2. The van der Waals surface area contributed by atoms with Crippen LogP contribution in [0, 0.1) is 12.8 Å². The molecule has 2 aromatic rings. The van der Waals surface area contributed by atoms with Crippen LogP contribution in [0.25, 0.3) is 0 Å². The maximum absolute atomic E-state index is 12.7. The van der Waals surface area contributed by atoms with Crippen LogP contribution in [0.1, 0.15) is 46.5 Å². The van der Waals surface area contributed by atoms with Crippen LogP contribution >= 0.6 is 0 Å². The van der Waals surface area contributed by atoms with E-state index in [-0.39, 0.29) is 11.8 Å². The Bertz CT molecular complexity index is 745. The van der Waals surface area contributed by atoms with E-state index >= 15 is 0 Å². The lowest BCUT2D eigenvalue weighted by Gasteiger charge is -2.32. The highest BCUT2D eigenvalue weighted by molar-refractivity contribution is 5.91. The predicted octanol–water partition coefficient (Wildman–Crippen LogP) is 2.58. The molecule has 2 aromatic heterocycles. The van der Waals surface area contributed by atoms with Crippen molar-refractivity contribution >= 4 is 5.91 Å². The summed E-state index contributed by atoms with van der Waals surface area (Å²) < 4.78 is 13.2. The topological polar surface area (TPSA) is 60.5 Å². The van der Waals surface area contributed by atoms with Crippen LogP contribution in [0.2, 0.25) is 0 Å². The number of carbonyl (C=O) groups is 1. The van der Waals surface area contributed by atoms with Gasteiger partial charge in [0.25, 0.3) is 5.91 Å². The van der Waals surface area contributed by atoms with Crippen molar-refractivity contribution in [2.75, 3.05) is 20.3 Å². The monoisotopic (exact) mass is 329 g/mol. The van der Waals surface area contributed by atoms with Gasteiger partial charge in [0, 0.05) is 31.8 Å². The number of amides is 1. The summed E-state index contributed by atoms with van der Waals surface area (Å²) in [4.78, 5) is 19.1. The highest BCUT2D eigenvalue weighted by Gasteiger charge is 2.34. The van der Waals surface area contributed by atoms with E-state index in [1.165, 1.54) is 18.5 Å². The lowest BCUT2D eigenvalue weighted by atomic mass is 9.98. The van der Waals surface area contributed by atoms with E-state index in [2.05, 4.69) is 9.55 Å². The third-order valence-corrected chi connectivity index (χ3v) is 4.88. The molecule has 6 nitrogen and oxygen atoms in total. The summed E-state index contributed by atoms with van der Waals surface area (Å²) in [6, 6.07) is 3.56. The molecule has 0 N–H and O–H groups in total. The lowest BCUT2D eigenvalue weighted by Crippen LogP contribution is -2.40. The van der Waals surface area contributed by atoms with E-state index in [4.69, 9.17) is 9.15 Å². The number of hydrogen-bond donors (Lipinski definition) is 0. The normalized spacial score (nSPS) is 20.2. The lowest BCUT2D eigenvalue weighted by molar-refractivity contribution is 0.0640. The first-order chi connectivity index (χ1) is 11.7. The number of furan rings is 1. The van der Waals surface area contributed by atoms with Crippen LogP contribution < -0.4 is 0 Å². The number of methoxy groups -OCH3 is 1. The van der Waals surface area contributed by atoms with Crippen LogP contribution in [0.4, 0.5) is 0 Å². The first kappa shape index (κ1) is 15.4. The second kappa shape index (κ2) is 6.09. The van der Waals surface area contributed by atoms with Crippen molar-refractivity contribution in [2.24, 2.45) is 5.92 Å². The van der Waals surface area contributed by atoms with Gasteiger partial charge in [-0.25, -0.2) is 4.98 Å². The van der Waals surface area contributed by atoms with Crippen molar-refractivity contribution in [3.8, 4) is 0 Å². The molecule has 2 aliphatic rings. The number of fused-ring (bicyclic) bond motifs is 1. The Morgan fingerprint density at radius 2 is 2.25 bits per heavy atom. The van der Waals surface area contributed by atoms with Crippen LogP contribution in [-0.4, -0.2) is 40.6 Å². The fourth-order valence-corrected chi connectivity index (χ4v) is 3.54. The van der Waals surface area contributed by atoms with Gasteiger partial charge in [0.15, 0.2) is 5.76 Å². The minimum atomic E-state index is -0.0772. The van der Waals surface area contributed by atoms with Crippen LogP contribution in [-0.2, 0) is 17.8 Å². The number of rotatable bonds is 5. The molecule has 1 fully saturated rings. The van der Waals surface area contributed by atoms with Crippen molar-refractivity contribution in [3.63, 3.8) is 0 Å². The molecule has 3 heterocycles. The Balaban J connectivity index is 1.59. The Hall–Kier alpha value is -2.08. The largest absolute Gasteiger partial charge is 0.456 e. The molecule has 0 spiro atoms. The van der Waals surface area contributed by atoms with E-state index in [0.29, 0.717) is 25.5 Å². The molecule has 1 atom stereocenters. The summed E-state index contributed by atoms with van der Waals surface area (Å²) in [5.41, 5.74) is 2.23. The molecule has 0 saturated heterocycles. The van der Waals surface area contributed by atoms with Gasteiger partial charge in [-0.2, -0.15) is 0 Å². The molecule has 1 unspecified atom stereocenters. The van der Waals surface area contributed by atoms with Gasteiger partial charge in [0.05, 0.1) is 25.2 Å². The number of aryl methyl sites for hydroxylation is 1. The van der Waals surface area contributed by atoms with E-state index in [9.17, 15) is 4.79 Å². The molecule has 1 aliphatic heterocycles. The third-order valence-electron chi connectivity index (χ3n) is 4.88. The summed E-state index contributed by atoms with van der Waals surface area (Å²) >= 11 is 0. The maximum Gasteiger partial charge on any atom is 0.289 e. The Kier molecular flexibility index (Phi) is 3.92. The van der Waals surface area contributed by atoms with Crippen molar-refractivity contribution < 1.29 is 13.9 Å². The Labute approximate surface area is 141 Å². The number of ether oxygens (including phenoxy) is 1. The highest BCUT2D eigenvalue weighted by atomic mass is 16.5. The van der Waals surface area contributed by atoms with Gasteiger partial charge < -0.3 is 18.6 Å². The van der Waals surface area contributed by atoms with Crippen LogP contribution in [0.3, 0.4) is 0 Å². The summed E-state index contributed by atoms with van der Waals surface area (Å²) in [5.74, 6) is 2.01. The van der Waals surface area contributed by atoms with E-state index in [1.807, 2.05) is 24.2 Å². The highest BCUT2D eigenvalue weighted by Crippen LogP contribution is 2.34. The van der Waals surface area contributed by atoms with Crippen LogP contribution in [0.5, 0.6) is 0 Å². The van der Waals surface area contributed by atoms with Crippen molar-refractivity contribution in [1.29, 1.82) is 0 Å². The van der Waals surface area contributed by atoms with Crippen molar-refractivity contribution in [1.82, 2.24) is 14.5 Å². The minimum absolute atomic E-state index is 0.0772. The van der Waals surface area contributed by atoms with E-state index in [0.717, 1.165) is 23.9 Å². The summed E-state index contributed by atoms with van der Waals surface area (Å²) in [6.45, 7) is 4.64. The average molecular weight is 329 g/mol. The number of aromatic nitrogens is 2. The number of nitrogens with zero attached hydrogens (tertiary/aromatic N) is 3. The molecule has 1 amide bonds. The smallest absolute Gasteiger partial charge is 0.289 e. The number of carbonyl (C=O) groups excluding carboxylic acids is 1. The fraction of sp³-hybridized carbons (Fsp3) is 0.556. The molecular formula is C18H23N3O3. The first-order valence-electron chi connectivity index (χ1n) is 8.54. The van der Waals surface area contributed by atoms with Crippen molar-refractivity contribution in [2.45, 2.75) is 38.8 Å². The van der Waals surface area contributed by atoms with Gasteiger partial charge in [-0.05, 0) is 37.8 Å². The quantitative estimate of drug-likeness (QED) is 0.846. The molecule has 6 heteroatoms. The molecule has 0 radical (unpaired) electrons. The molecule has 0 bridgehead atoms. The molecule has 128 valence electrons. The van der Waals surface area contributed by atoms with Gasteiger partial charge in [-0.1, -0.05) is 0 Å². The number of imidazole rings is 1. The number of hydrogen-bond acceptors (Lipinski definition) is 4. The van der Waals surface area contributed by atoms with Crippen molar-refractivity contribution in [3.05, 3.63) is 41.4 Å². The van der Waals surface area contributed by atoms with E-state index in [1.54, 1.807) is 13.2 Å². The Morgan fingerprint density at radius 1 is 1.42 bits per heavy atom. The molecule has 1 aliphatic carbocycles. The van der Waals surface area contributed by atoms with Gasteiger partial charge >= 0.3 is 0 Å². The average Bonchev–Trinajstić information content (AvgIpc) is 3.13. The second-order valence-corrected chi connectivity index (χ2v) is 6.92. The standard InChI is InChI=1S/C18H23N3O3/c1-12-3-6-16(24-12)18(22)20-8-14(10-23-2)17-15(9-20)19-11-21(17)7-13-4-5-13/h3,6,11,13-14H,4-5,7-10H2,1-2H3. The van der Waals surface area contributed by atoms with Gasteiger partial charge in [0.2, 0.25) is 0 Å². The Morgan fingerprint density at radius 3 is 2.92 bits per heavy atom. The van der Waals surface area contributed by atoms with Crippen LogP contribution in [0.15, 0.2) is 22.9 Å². The van der Waals surface area contributed by atoms with E-state index < -0.39 is 0 Å². The molecule has 4 rings (SSSR count). The third kappa shape index (κ3) is 2.86. The summed E-state index contributed by atoms with van der Waals surface area (Å²) in [7, 11) is 1.71. The molecular weight excluding hydrogens is 306 g/mol. The zero-order chi connectivity index (χ0) is 16.7. The molecule has 0 aromatic carbocycles. The summed E-state index contributed by atoms with van der Waals surface area (Å²) in [6.07, 6.45) is 4.55. The fourth-order valence-electron chi connectivity index (χ4n) is 3.54. The molecule has 24 heavy (non-hydrogen) atoms. The SMILES string of the molecule is COCC1CN(C(=O)c2ccc(C)o2)Cc2ncn(CC3CC3)c21. The summed E-state index contributed by atoms with van der Waals surface area (Å²) in [5, 5.41) is 0. The van der Waals surface area contributed by atoms with Gasteiger partial charge in [-0.3, -0.25) is 4.79 Å². The zero-order valence-electron chi connectivity index (χ0n) is 14.2. The second-order valence-electron chi connectivity index (χ2n) is 6.92. The van der Waals surface area contributed by atoms with Gasteiger partial charge in [-0.15, -0.1) is 0 Å². The first-order valence-corrected chi connectivity index (χ1v) is 8.54. The predicted molar refractivity (Wildman–Crippen MR) is 87.8 cm³/mol. The van der Waals surface area contributed by atoms with Gasteiger partial charge in [0.1, 0.15) is 5.76 Å². The molecule has 1 saturated carbocycles.